The molecule has 2 aromatic rings. The molecule has 1 aliphatic carbocycles. The molecule has 3 aliphatic rings. The minimum atomic E-state index is -0.187. The van der Waals surface area contributed by atoms with Crippen molar-refractivity contribution in [3.8, 4) is 11.4 Å². The van der Waals surface area contributed by atoms with Crippen LogP contribution in [0, 0.1) is 17.3 Å². The van der Waals surface area contributed by atoms with Gasteiger partial charge in [-0.1, -0.05) is 20.8 Å². The van der Waals surface area contributed by atoms with Crippen LogP contribution < -0.4 is 20.9 Å². The van der Waals surface area contributed by atoms with Crippen LogP contribution in [0.15, 0.2) is 24.3 Å². The summed E-state index contributed by atoms with van der Waals surface area (Å²) in [5.74, 6) is 2.97. The van der Waals surface area contributed by atoms with Gasteiger partial charge in [-0.15, -0.1) is 0 Å². The fourth-order valence-electron chi connectivity index (χ4n) is 5.45. The summed E-state index contributed by atoms with van der Waals surface area (Å²) in [5.41, 5.74) is 4.19. The predicted molar refractivity (Wildman–Crippen MR) is 138 cm³/mol. The molecular formula is C27H38N6O2. The fraction of sp³-hybridized carbons (Fsp3) is 0.593. The molecule has 0 spiro atoms. The van der Waals surface area contributed by atoms with E-state index in [2.05, 4.69) is 41.6 Å². The average molecular weight is 479 g/mol. The molecule has 35 heavy (non-hydrogen) atoms. The Kier molecular flexibility index (Phi) is 6.68. The summed E-state index contributed by atoms with van der Waals surface area (Å²) >= 11 is 0. The summed E-state index contributed by atoms with van der Waals surface area (Å²) in [7, 11) is 0. The number of carbonyl (C=O) groups is 1. The first-order chi connectivity index (χ1) is 16.8. The SMILES string of the molecule is CC(C)(C)CCCNC(=O)Nc1ccc(-c2nc3c(c(N4CC5CC5C4CO)n2)CCNC3)cc1. The van der Waals surface area contributed by atoms with Crippen molar-refractivity contribution in [1.82, 2.24) is 20.6 Å². The highest BCUT2D eigenvalue weighted by Crippen LogP contribution is 2.51. The number of aliphatic hydroxyl groups excluding tert-OH is 1. The third kappa shape index (κ3) is 5.43. The first kappa shape index (κ1) is 24.0. The lowest BCUT2D eigenvalue weighted by molar-refractivity contribution is 0.251. The van der Waals surface area contributed by atoms with E-state index in [0.29, 0.717) is 24.2 Å². The molecule has 4 N–H and O–H groups in total. The molecule has 3 atom stereocenters. The summed E-state index contributed by atoms with van der Waals surface area (Å²) in [4.78, 5) is 24.5. The molecule has 1 saturated heterocycles. The van der Waals surface area contributed by atoms with Crippen LogP contribution in [0.5, 0.6) is 0 Å². The van der Waals surface area contributed by atoms with Gasteiger partial charge in [0.15, 0.2) is 5.82 Å². The molecule has 1 aromatic carbocycles. The van der Waals surface area contributed by atoms with Crippen LogP contribution in [-0.4, -0.2) is 53.4 Å². The molecule has 2 amide bonds. The van der Waals surface area contributed by atoms with E-state index in [-0.39, 0.29) is 24.1 Å². The smallest absolute Gasteiger partial charge is 0.319 e. The van der Waals surface area contributed by atoms with Crippen LogP contribution in [0.4, 0.5) is 16.3 Å². The quantitative estimate of drug-likeness (QED) is 0.454. The molecule has 0 bridgehead atoms. The van der Waals surface area contributed by atoms with Gasteiger partial charge in [-0.3, -0.25) is 0 Å². The van der Waals surface area contributed by atoms with Gasteiger partial charge in [0.25, 0.3) is 0 Å². The van der Waals surface area contributed by atoms with Crippen molar-refractivity contribution in [2.24, 2.45) is 17.3 Å². The predicted octanol–water partition coefficient (Wildman–Crippen LogP) is 3.55. The molecular weight excluding hydrogens is 440 g/mol. The molecule has 3 heterocycles. The van der Waals surface area contributed by atoms with Crippen molar-refractivity contribution in [3.05, 3.63) is 35.5 Å². The van der Waals surface area contributed by atoms with Crippen LogP contribution in [0.3, 0.4) is 0 Å². The minimum Gasteiger partial charge on any atom is -0.394 e. The van der Waals surface area contributed by atoms with Crippen LogP contribution in [0.2, 0.25) is 0 Å². The lowest BCUT2D eigenvalue weighted by Crippen LogP contribution is -2.38. The normalized spacial score (nSPS) is 23.0. The van der Waals surface area contributed by atoms with Crippen molar-refractivity contribution in [3.63, 3.8) is 0 Å². The van der Waals surface area contributed by atoms with Gasteiger partial charge in [0.05, 0.1) is 18.3 Å². The first-order valence-electron chi connectivity index (χ1n) is 13.0. The minimum absolute atomic E-state index is 0.162. The number of nitrogens with one attached hydrogen (secondary N) is 3. The number of fused-ring (bicyclic) bond motifs is 2. The molecule has 2 fully saturated rings. The van der Waals surface area contributed by atoms with Crippen molar-refractivity contribution >= 4 is 17.5 Å². The zero-order valence-electron chi connectivity index (χ0n) is 21.1. The summed E-state index contributed by atoms with van der Waals surface area (Å²) < 4.78 is 0. The number of anilines is 2. The second-order valence-electron chi connectivity index (χ2n) is 11.4. The monoisotopic (exact) mass is 478 g/mol. The Bertz CT molecular complexity index is 1060. The second-order valence-corrected chi connectivity index (χ2v) is 11.4. The molecule has 1 aromatic heterocycles. The highest BCUT2D eigenvalue weighted by atomic mass is 16.3. The maximum absolute atomic E-state index is 12.3. The van der Waals surface area contributed by atoms with Crippen LogP contribution in [0.1, 0.15) is 51.3 Å². The Balaban J connectivity index is 1.29. The van der Waals surface area contributed by atoms with Crippen molar-refractivity contribution < 1.29 is 9.90 Å². The number of carbonyl (C=O) groups excluding carboxylic acids is 1. The maximum Gasteiger partial charge on any atom is 0.319 e. The van der Waals surface area contributed by atoms with E-state index in [1.165, 1.54) is 12.0 Å². The van der Waals surface area contributed by atoms with Crippen LogP contribution in [0.25, 0.3) is 11.4 Å². The Morgan fingerprint density at radius 1 is 1.23 bits per heavy atom. The van der Waals surface area contributed by atoms with Gasteiger partial charge < -0.3 is 26.0 Å². The number of rotatable bonds is 7. The Morgan fingerprint density at radius 3 is 2.77 bits per heavy atom. The fourth-order valence-corrected chi connectivity index (χ4v) is 5.45. The number of hydrogen-bond donors (Lipinski definition) is 4. The van der Waals surface area contributed by atoms with Gasteiger partial charge in [-0.25, -0.2) is 14.8 Å². The summed E-state index contributed by atoms with van der Waals surface area (Å²) in [6, 6.07) is 7.69. The number of nitrogens with zero attached hydrogens (tertiary/aromatic N) is 3. The standard InChI is InChI=1S/C27H38N6O2/c1-27(2,3)10-4-11-29-26(35)30-19-7-5-17(6-8-19)24-31-22-14-28-12-9-20(22)25(32-24)33-15-18-13-21(18)23(33)16-34/h5-8,18,21,23,28,34H,4,9-16H2,1-3H3,(H2,29,30,35). The summed E-state index contributed by atoms with van der Waals surface area (Å²) in [5, 5.41) is 19.3. The molecule has 1 saturated carbocycles. The summed E-state index contributed by atoms with van der Waals surface area (Å²) in [6.07, 6.45) is 4.15. The first-order valence-corrected chi connectivity index (χ1v) is 13.0. The van der Waals surface area contributed by atoms with Crippen molar-refractivity contribution in [2.75, 3.05) is 36.5 Å². The van der Waals surface area contributed by atoms with E-state index in [1.54, 1.807) is 0 Å². The van der Waals surface area contributed by atoms with E-state index >= 15 is 0 Å². The van der Waals surface area contributed by atoms with E-state index in [0.717, 1.165) is 61.7 Å². The van der Waals surface area contributed by atoms with Gasteiger partial charge >= 0.3 is 6.03 Å². The molecule has 188 valence electrons. The molecule has 5 rings (SSSR count). The van der Waals surface area contributed by atoms with Crippen molar-refractivity contribution in [2.45, 2.75) is 59.0 Å². The molecule has 8 heteroatoms. The van der Waals surface area contributed by atoms with Gasteiger partial charge in [-0.2, -0.15) is 0 Å². The average Bonchev–Trinajstić information content (AvgIpc) is 3.51. The third-order valence-corrected chi connectivity index (χ3v) is 7.47. The molecule has 2 aliphatic heterocycles. The molecule has 3 unspecified atom stereocenters. The number of aliphatic hydroxyl groups is 1. The van der Waals surface area contributed by atoms with Crippen molar-refractivity contribution in [1.29, 1.82) is 0 Å². The van der Waals surface area contributed by atoms with E-state index in [9.17, 15) is 9.90 Å². The van der Waals surface area contributed by atoms with Gasteiger partial charge in [-0.05, 0) is 73.7 Å². The Morgan fingerprint density at radius 2 is 2.03 bits per heavy atom. The maximum atomic E-state index is 12.3. The largest absolute Gasteiger partial charge is 0.394 e. The zero-order chi connectivity index (χ0) is 24.6. The van der Waals surface area contributed by atoms with E-state index < -0.39 is 0 Å². The molecule has 8 nitrogen and oxygen atoms in total. The van der Waals surface area contributed by atoms with Crippen LogP contribution >= 0.6 is 0 Å². The number of piperidine rings is 1. The molecule has 0 radical (unpaired) electrons. The number of hydrogen-bond acceptors (Lipinski definition) is 6. The lowest BCUT2D eigenvalue weighted by atomic mass is 9.91. The summed E-state index contributed by atoms with van der Waals surface area (Å²) in [6.45, 7) is 10.1. The number of urea groups is 1. The number of amides is 2. The number of benzene rings is 1. The Hall–Kier alpha value is -2.71. The van der Waals surface area contributed by atoms with Gasteiger partial charge in [0.1, 0.15) is 5.82 Å². The number of aromatic nitrogens is 2. The Labute approximate surface area is 207 Å². The topological polar surface area (TPSA) is 102 Å². The zero-order valence-corrected chi connectivity index (χ0v) is 21.1. The van der Waals surface area contributed by atoms with E-state index in [1.807, 2.05) is 24.3 Å². The van der Waals surface area contributed by atoms with Gasteiger partial charge in [0.2, 0.25) is 0 Å². The van der Waals surface area contributed by atoms with E-state index in [4.69, 9.17) is 9.97 Å². The second kappa shape index (κ2) is 9.74. The van der Waals surface area contributed by atoms with Gasteiger partial charge in [0, 0.05) is 36.4 Å². The van der Waals surface area contributed by atoms with Crippen LogP contribution in [-0.2, 0) is 13.0 Å². The highest BCUT2D eigenvalue weighted by Gasteiger charge is 2.53. The lowest BCUT2D eigenvalue weighted by Gasteiger charge is -2.31. The third-order valence-electron chi connectivity index (χ3n) is 7.47. The highest BCUT2D eigenvalue weighted by molar-refractivity contribution is 5.89.